The average molecular weight is 329 g/mol. The summed E-state index contributed by atoms with van der Waals surface area (Å²) in [6, 6.07) is 9.83. The van der Waals surface area contributed by atoms with Crippen molar-refractivity contribution >= 4 is 0 Å². The summed E-state index contributed by atoms with van der Waals surface area (Å²) >= 11 is 0. The van der Waals surface area contributed by atoms with E-state index in [1.165, 1.54) is 48.1 Å². The van der Waals surface area contributed by atoms with E-state index in [1.54, 1.807) is 11.1 Å². The van der Waals surface area contributed by atoms with Gasteiger partial charge in [0, 0.05) is 25.1 Å². The third kappa shape index (κ3) is 2.43. The lowest BCUT2D eigenvalue weighted by atomic mass is 9.86. The molecule has 1 aromatic heterocycles. The van der Waals surface area contributed by atoms with E-state index in [9.17, 15) is 0 Å². The Balaban J connectivity index is 1.81. The molecule has 1 atom stereocenters. The minimum absolute atomic E-state index is 0.379. The molecule has 2 heteroatoms. The van der Waals surface area contributed by atoms with E-state index in [4.69, 9.17) is 0 Å². The third-order valence-electron chi connectivity index (χ3n) is 5.91. The van der Waals surface area contributed by atoms with Crippen LogP contribution >= 0.6 is 0 Å². The largest absolute Gasteiger partial charge is 0.367 e. The molecule has 1 unspecified atom stereocenters. The lowest BCUT2D eigenvalue weighted by molar-refractivity contribution is -0.686. The van der Waals surface area contributed by atoms with E-state index in [0.29, 0.717) is 6.04 Å². The van der Waals surface area contributed by atoms with Crippen molar-refractivity contribution in [2.24, 2.45) is 0 Å². The highest BCUT2D eigenvalue weighted by Gasteiger charge is 2.31. The molecule has 126 valence electrons. The standard InChI is InChI=1S/C23H25N2/c1-17-11-15-25-14-5-7-19-10-9-18-6-4-13-24-12-3-2-8-20(24)22(18)23(19)21(25)16-17/h2-3,8-12,15-16,20H,4-7,13-14H2,1H3/q+1. The van der Waals surface area contributed by atoms with Gasteiger partial charge < -0.3 is 4.90 Å². The SMILES string of the molecule is Cc1cc[n+]2c(c1)-c1c(ccc3c1C1C=CC=CN1CCC3)CCC2. The lowest BCUT2D eigenvalue weighted by Gasteiger charge is -2.31. The zero-order valence-corrected chi connectivity index (χ0v) is 14.9. The molecule has 0 aliphatic carbocycles. The Kier molecular flexibility index (Phi) is 3.51. The average Bonchev–Trinajstić information content (AvgIpc) is 2.93. The number of hydrogen-bond acceptors (Lipinski definition) is 1. The number of nitrogens with zero attached hydrogens (tertiary/aromatic N) is 2. The number of rotatable bonds is 0. The molecule has 0 spiro atoms. The Morgan fingerprint density at radius 1 is 1.04 bits per heavy atom. The van der Waals surface area contributed by atoms with Gasteiger partial charge in [-0.2, -0.15) is 4.57 Å². The second-order valence-electron chi connectivity index (χ2n) is 7.57. The predicted octanol–water partition coefficient (Wildman–Crippen LogP) is 4.27. The van der Waals surface area contributed by atoms with Crippen molar-refractivity contribution in [2.45, 2.75) is 45.2 Å². The molecular weight excluding hydrogens is 304 g/mol. The monoisotopic (exact) mass is 329 g/mol. The van der Waals surface area contributed by atoms with E-state index >= 15 is 0 Å². The van der Waals surface area contributed by atoms with Crippen LogP contribution in [0.1, 0.15) is 41.1 Å². The van der Waals surface area contributed by atoms with Gasteiger partial charge in [-0.3, -0.25) is 0 Å². The summed E-state index contributed by atoms with van der Waals surface area (Å²) < 4.78 is 2.47. The van der Waals surface area contributed by atoms with Crippen molar-refractivity contribution in [3.63, 3.8) is 0 Å². The molecule has 0 radical (unpaired) electrons. The van der Waals surface area contributed by atoms with Crippen LogP contribution in [0.5, 0.6) is 0 Å². The topological polar surface area (TPSA) is 7.12 Å². The molecule has 0 saturated carbocycles. The molecule has 3 aliphatic heterocycles. The first-order chi connectivity index (χ1) is 12.3. The number of aromatic nitrogens is 1. The first-order valence-electron chi connectivity index (χ1n) is 9.57. The maximum Gasteiger partial charge on any atom is 0.213 e. The Bertz CT molecular complexity index is 891. The molecular formula is C23H25N2+. The number of allylic oxidation sites excluding steroid dienone is 2. The van der Waals surface area contributed by atoms with E-state index in [2.05, 4.69) is 71.3 Å². The fourth-order valence-corrected chi connectivity index (χ4v) is 4.72. The van der Waals surface area contributed by atoms with Gasteiger partial charge in [0.05, 0.1) is 11.6 Å². The van der Waals surface area contributed by atoms with Crippen molar-refractivity contribution in [1.29, 1.82) is 0 Å². The van der Waals surface area contributed by atoms with Crippen LogP contribution in [-0.2, 0) is 19.4 Å². The van der Waals surface area contributed by atoms with Crippen LogP contribution in [-0.4, -0.2) is 11.4 Å². The molecule has 0 N–H and O–H groups in total. The second kappa shape index (κ2) is 5.87. The summed E-state index contributed by atoms with van der Waals surface area (Å²) in [7, 11) is 0. The van der Waals surface area contributed by atoms with Crippen LogP contribution in [0, 0.1) is 6.92 Å². The van der Waals surface area contributed by atoms with Crippen LogP contribution in [0.3, 0.4) is 0 Å². The minimum atomic E-state index is 0.379. The number of fused-ring (bicyclic) bond motifs is 7. The maximum absolute atomic E-state index is 2.52. The Morgan fingerprint density at radius 2 is 1.92 bits per heavy atom. The van der Waals surface area contributed by atoms with Crippen molar-refractivity contribution in [3.8, 4) is 11.3 Å². The van der Waals surface area contributed by atoms with Gasteiger partial charge >= 0.3 is 0 Å². The van der Waals surface area contributed by atoms with Crippen LogP contribution in [0.2, 0.25) is 0 Å². The Hall–Kier alpha value is -2.35. The third-order valence-corrected chi connectivity index (χ3v) is 5.91. The van der Waals surface area contributed by atoms with Crippen molar-refractivity contribution in [1.82, 2.24) is 4.90 Å². The van der Waals surface area contributed by atoms with Gasteiger partial charge in [-0.05, 0) is 60.7 Å². The van der Waals surface area contributed by atoms with Gasteiger partial charge in [0.25, 0.3) is 0 Å². The summed E-state index contributed by atoms with van der Waals surface area (Å²) in [5.41, 5.74) is 8.89. The van der Waals surface area contributed by atoms with Crippen LogP contribution < -0.4 is 4.57 Å². The zero-order valence-electron chi connectivity index (χ0n) is 14.9. The molecule has 0 bridgehead atoms. The molecule has 0 saturated heterocycles. The molecule has 2 nitrogen and oxygen atoms in total. The number of hydrogen-bond donors (Lipinski definition) is 0. The molecule has 25 heavy (non-hydrogen) atoms. The quantitative estimate of drug-likeness (QED) is 0.655. The smallest absolute Gasteiger partial charge is 0.213 e. The van der Waals surface area contributed by atoms with Gasteiger partial charge in [0.2, 0.25) is 5.69 Å². The second-order valence-corrected chi connectivity index (χ2v) is 7.57. The number of aryl methyl sites for hydroxylation is 4. The molecule has 1 aromatic carbocycles. The summed E-state index contributed by atoms with van der Waals surface area (Å²) in [6.45, 7) is 4.47. The van der Waals surface area contributed by atoms with Gasteiger partial charge in [-0.1, -0.05) is 24.3 Å². The van der Waals surface area contributed by atoms with Crippen LogP contribution in [0.4, 0.5) is 0 Å². The summed E-state index contributed by atoms with van der Waals surface area (Å²) in [4.78, 5) is 2.52. The number of benzene rings is 1. The van der Waals surface area contributed by atoms with Gasteiger partial charge in [0.15, 0.2) is 6.20 Å². The maximum atomic E-state index is 2.52. The highest BCUT2D eigenvalue weighted by molar-refractivity contribution is 5.70. The number of pyridine rings is 1. The zero-order chi connectivity index (χ0) is 16.8. The van der Waals surface area contributed by atoms with Gasteiger partial charge in [-0.25, -0.2) is 0 Å². The Labute approximate surface area is 150 Å². The molecule has 2 aromatic rings. The van der Waals surface area contributed by atoms with E-state index in [-0.39, 0.29) is 0 Å². The first kappa shape index (κ1) is 14.9. The highest BCUT2D eigenvalue weighted by Crippen LogP contribution is 2.41. The van der Waals surface area contributed by atoms with E-state index in [1.807, 2.05) is 0 Å². The fraction of sp³-hybridized carbons (Fsp3) is 0.348. The molecule has 5 rings (SSSR count). The fourth-order valence-electron chi connectivity index (χ4n) is 4.72. The molecule has 0 amide bonds. The van der Waals surface area contributed by atoms with Crippen LogP contribution in [0.25, 0.3) is 11.3 Å². The summed E-state index contributed by atoms with van der Waals surface area (Å²) in [6.07, 6.45) is 16.1. The van der Waals surface area contributed by atoms with Gasteiger partial charge in [-0.15, -0.1) is 0 Å². The summed E-state index contributed by atoms with van der Waals surface area (Å²) in [5.74, 6) is 0. The van der Waals surface area contributed by atoms with E-state index in [0.717, 1.165) is 13.1 Å². The predicted molar refractivity (Wildman–Crippen MR) is 101 cm³/mol. The summed E-state index contributed by atoms with van der Waals surface area (Å²) in [5, 5.41) is 0. The Morgan fingerprint density at radius 3 is 2.88 bits per heavy atom. The molecule has 4 heterocycles. The molecule has 3 aliphatic rings. The molecule has 0 fully saturated rings. The first-order valence-corrected chi connectivity index (χ1v) is 9.57. The van der Waals surface area contributed by atoms with E-state index < -0.39 is 0 Å². The van der Waals surface area contributed by atoms with Crippen molar-refractivity contribution in [2.75, 3.05) is 6.54 Å². The van der Waals surface area contributed by atoms with Gasteiger partial charge in [0.1, 0.15) is 6.54 Å². The minimum Gasteiger partial charge on any atom is -0.367 e. The van der Waals surface area contributed by atoms with Crippen LogP contribution in [0.15, 0.2) is 54.9 Å². The van der Waals surface area contributed by atoms with Crippen molar-refractivity contribution < 1.29 is 4.57 Å². The van der Waals surface area contributed by atoms with Crippen molar-refractivity contribution in [3.05, 3.63) is 77.1 Å². The highest BCUT2D eigenvalue weighted by atomic mass is 15.1. The lowest BCUT2D eigenvalue weighted by Crippen LogP contribution is -2.35. The normalized spacial score (nSPS) is 20.8.